The van der Waals surface area contributed by atoms with Crippen LogP contribution in [0.2, 0.25) is 0 Å². The van der Waals surface area contributed by atoms with Crippen molar-refractivity contribution in [2.45, 2.75) is 26.3 Å². The fourth-order valence-electron chi connectivity index (χ4n) is 1.78. The van der Waals surface area contributed by atoms with Gasteiger partial charge in [0.15, 0.2) is 0 Å². The standard InChI is InChI=1S/C12H14BrFN2O4/c1-7(2)15(4-3-12(17)18)10-5-8(13)9(14)6-11(10)16(19)20/h5-7H,3-4H2,1-2H3,(H,17,18). The molecule has 0 aliphatic carbocycles. The minimum absolute atomic E-state index is 0.0964. The van der Waals surface area contributed by atoms with E-state index in [1.165, 1.54) is 6.07 Å². The van der Waals surface area contributed by atoms with Gasteiger partial charge in [0, 0.05) is 12.6 Å². The van der Waals surface area contributed by atoms with Gasteiger partial charge in [0.25, 0.3) is 5.69 Å². The smallest absolute Gasteiger partial charge is 0.305 e. The van der Waals surface area contributed by atoms with Crippen molar-refractivity contribution >= 4 is 33.3 Å². The molecule has 0 aliphatic rings. The number of hydrogen-bond donors (Lipinski definition) is 1. The summed E-state index contributed by atoms with van der Waals surface area (Å²) in [6.45, 7) is 3.66. The van der Waals surface area contributed by atoms with Gasteiger partial charge in [-0.25, -0.2) is 4.39 Å². The third kappa shape index (κ3) is 3.89. The lowest BCUT2D eigenvalue weighted by Gasteiger charge is -2.28. The molecule has 0 atom stereocenters. The van der Waals surface area contributed by atoms with E-state index in [0.717, 1.165) is 6.07 Å². The third-order valence-corrected chi connectivity index (χ3v) is 3.32. The SMILES string of the molecule is CC(C)N(CCC(=O)O)c1cc(Br)c(F)cc1[N+](=O)[O-]. The van der Waals surface area contributed by atoms with Gasteiger partial charge >= 0.3 is 5.97 Å². The summed E-state index contributed by atoms with van der Waals surface area (Å²) in [5, 5.41) is 19.8. The van der Waals surface area contributed by atoms with E-state index in [1.807, 2.05) is 0 Å². The van der Waals surface area contributed by atoms with Crippen molar-refractivity contribution in [2.75, 3.05) is 11.4 Å². The van der Waals surface area contributed by atoms with Crippen molar-refractivity contribution in [3.63, 3.8) is 0 Å². The molecule has 0 unspecified atom stereocenters. The number of rotatable bonds is 6. The van der Waals surface area contributed by atoms with Crippen LogP contribution < -0.4 is 4.90 Å². The molecule has 0 bridgehead atoms. The van der Waals surface area contributed by atoms with E-state index in [-0.39, 0.29) is 34.9 Å². The molecule has 0 saturated carbocycles. The number of nitro benzene ring substituents is 1. The topological polar surface area (TPSA) is 83.7 Å². The van der Waals surface area contributed by atoms with Crippen molar-refractivity contribution in [3.05, 3.63) is 32.5 Å². The Balaban J connectivity index is 3.27. The molecule has 1 aromatic rings. The Hall–Kier alpha value is -1.70. The molecule has 0 fully saturated rings. The molecule has 0 amide bonds. The number of nitro groups is 1. The fraction of sp³-hybridized carbons (Fsp3) is 0.417. The summed E-state index contributed by atoms with van der Waals surface area (Å²) in [5.74, 6) is -1.73. The van der Waals surface area contributed by atoms with Gasteiger partial charge in [-0.3, -0.25) is 14.9 Å². The van der Waals surface area contributed by atoms with E-state index in [1.54, 1.807) is 18.7 Å². The molecule has 0 radical (unpaired) electrons. The van der Waals surface area contributed by atoms with E-state index in [0.29, 0.717) is 0 Å². The molecule has 0 saturated heterocycles. The maximum absolute atomic E-state index is 13.4. The molecule has 1 rings (SSSR count). The fourth-order valence-corrected chi connectivity index (χ4v) is 2.11. The van der Waals surface area contributed by atoms with Gasteiger partial charge in [-0.05, 0) is 35.8 Å². The van der Waals surface area contributed by atoms with Crippen LogP contribution >= 0.6 is 15.9 Å². The first-order valence-corrected chi connectivity index (χ1v) is 6.65. The quantitative estimate of drug-likeness (QED) is 0.630. The number of hydrogen-bond acceptors (Lipinski definition) is 4. The average molecular weight is 349 g/mol. The van der Waals surface area contributed by atoms with Gasteiger partial charge < -0.3 is 10.0 Å². The molecule has 110 valence electrons. The second-order valence-corrected chi connectivity index (χ2v) is 5.30. The number of aliphatic carboxylic acids is 1. The second-order valence-electron chi connectivity index (χ2n) is 4.44. The number of carboxylic acids is 1. The average Bonchev–Trinajstić information content (AvgIpc) is 2.32. The monoisotopic (exact) mass is 348 g/mol. The Morgan fingerprint density at radius 1 is 1.55 bits per heavy atom. The predicted octanol–water partition coefficient (Wildman–Crippen LogP) is 3.19. The highest BCUT2D eigenvalue weighted by Crippen LogP contribution is 2.34. The van der Waals surface area contributed by atoms with Crippen LogP contribution in [0.1, 0.15) is 20.3 Å². The number of halogens is 2. The van der Waals surface area contributed by atoms with Crippen LogP contribution in [-0.2, 0) is 4.79 Å². The zero-order valence-corrected chi connectivity index (χ0v) is 12.6. The largest absolute Gasteiger partial charge is 0.481 e. The summed E-state index contributed by atoms with van der Waals surface area (Å²) >= 11 is 2.99. The highest BCUT2D eigenvalue weighted by atomic mass is 79.9. The molecule has 20 heavy (non-hydrogen) atoms. The van der Waals surface area contributed by atoms with E-state index in [9.17, 15) is 19.3 Å². The molecule has 1 N–H and O–H groups in total. The molecule has 0 aromatic heterocycles. The van der Waals surface area contributed by atoms with Crippen LogP contribution in [0, 0.1) is 15.9 Å². The van der Waals surface area contributed by atoms with Crippen LogP contribution in [0.25, 0.3) is 0 Å². The van der Waals surface area contributed by atoms with Crippen molar-refractivity contribution in [3.8, 4) is 0 Å². The molecule has 1 aromatic carbocycles. The lowest BCUT2D eigenvalue weighted by Crippen LogP contribution is -2.33. The van der Waals surface area contributed by atoms with Crippen LogP contribution in [0.3, 0.4) is 0 Å². The second kappa shape index (κ2) is 6.65. The highest BCUT2D eigenvalue weighted by molar-refractivity contribution is 9.10. The molecule has 0 spiro atoms. The Morgan fingerprint density at radius 2 is 2.15 bits per heavy atom. The van der Waals surface area contributed by atoms with Gasteiger partial charge in [-0.1, -0.05) is 0 Å². The third-order valence-electron chi connectivity index (χ3n) is 2.71. The highest BCUT2D eigenvalue weighted by Gasteiger charge is 2.24. The Kier molecular flexibility index (Phi) is 5.43. The lowest BCUT2D eigenvalue weighted by atomic mass is 10.2. The van der Waals surface area contributed by atoms with E-state index in [4.69, 9.17) is 5.11 Å². The summed E-state index contributed by atoms with van der Waals surface area (Å²) in [7, 11) is 0. The van der Waals surface area contributed by atoms with E-state index < -0.39 is 16.7 Å². The molecule has 0 aliphatic heterocycles. The zero-order valence-electron chi connectivity index (χ0n) is 11.0. The van der Waals surface area contributed by atoms with Crippen molar-refractivity contribution < 1.29 is 19.2 Å². The first-order chi connectivity index (χ1) is 9.23. The lowest BCUT2D eigenvalue weighted by molar-refractivity contribution is -0.384. The summed E-state index contributed by atoms with van der Waals surface area (Å²) in [6.07, 6.45) is -0.162. The molecular weight excluding hydrogens is 335 g/mol. The number of carboxylic acid groups (broad SMARTS) is 1. The number of carbonyl (C=O) groups is 1. The van der Waals surface area contributed by atoms with E-state index in [2.05, 4.69) is 15.9 Å². The van der Waals surface area contributed by atoms with Crippen LogP contribution in [0.5, 0.6) is 0 Å². The maximum Gasteiger partial charge on any atom is 0.305 e. The Morgan fingerprint density at radius 3 is 2.60 bits per heavy atom. The first-order valence-electron chi connectivity index (χ1n) is 5.86. The summed E-state index contributed by atoms with van der Waals surface area (Å²) in [6, 6.07) is 1.97. The first kappa shape index (κ1) is 16.4. The van der Waals surface area contributed by atoms with Gasteiger partial charge in [0.2, 0.25) is 0 Å². The van der Waals surface area contributed by atoms with Crippen molar-refractivity contribution in [1.82, 2.24) is 0 Å². The summed E-state index contributed by atoms with van der Waals surface area (Å²) < 4.78 is 13.5. The molecule has 6 nitrogen and oxygen atoms in total. The van der Waals surface area contributed by atoms with Crippen molar-refractivity contribution in [1.29, 1.82) is 0 Å². The van der Waals surface area contributed by atoms with Crippen LogP contribution in [0.15, 0.2) is 16.6 Å². The van der Waals surface area contributed by atoms with Crippen molar-refractivity contribution in [2.24, 2.45) is 0 Å². The zero-order chi connectivity index (χ0) is 15.4. The van der Waals surface area contributed by atoms with Gasteiger partial charge in [0.1, 0.15) is 11.5 Å². The minimum atomic E-state index is -1.00. The van der Waals surface area contributed by atoms with Gasteiger partial charge in [-0.2, -0.15) is 0 Å². The number of nitrogens with zero attached hydrogens (tertiary/aromatic N) is 2. The van der Waals surface area contributed by atoms with Gasteiger partial charge in [-0.15, -0.1) is 0 Å². The van der Waals surface area contributed by atoms with E-state index >= 15 is 0 Å². The van der Waals surface area contributed by atoms with Crippen LogP contribution in [0.4, 0.5) is 15.8 Å². The maximum atomic E-state index is 13.4. The molecular formula is C12H14BrFN2O4. The summed E-state index contributed by atoms with van der Waals surface area (Å²) in [5.41, 5.74) is -0.190. The molecule has 8 heteroatoms. The Bertz CT molecular complexity index is 536. The number of benzene rings is 1. The summed E-state index contributed by atoms with van der Waals surface area (Å²) in [4.78, 5) is 22.6. The minimum Gasteiger partial charge on any atom is -0.481 e. The van der Waals surface area contributed by atoms with Crippen LogP contribution in [-0.4, -0.2) is 28.6 Å². The molecule has 0 heterocycles. The Labute approximate surface area is 123 Å². The number of anilines is 1. The predicted molar refractivity (Wildman–Crippen MR) is 75.5 cm³/mol. The normalized spacial score (nSPS) is 10.7. The van der Waals surface area contributed by atoms with Gasteiger partial charge in [0.05, 0.1) is 21.9 Å².